The fourth-order valence-corrected chi connectivity index (χ4v) is 4.27. The quantitative estimate of drug-likeness (QED) is 0.220. The van der Waals surface area contributed by atoms with E-state index in [9.17, 15) is 9.90 Å². The molecule has 4 heteroatoms. The zero-order valence-electron chi connectivity index (χ0n) is 20.1. The number of aliphatic hydroxyl groups is 1. The number of esters is 1. The van der Waals surface area contributed by atoms with Crippen LogP contribution < -0.4 is 5.32 Å². The van der Waals surface area contributed by atoms with Crippen LogP contribution in [0.15, 0.2) is 104 Å². The lowest BCUT2D eigenvalue weighted by atomic mass is 9.76. The second-order valence-electron chi connectivity index (χ2n) is 8.92. The van der Waals surface area contributed by atoms with Gasteiger partial charge in [-0.1, -0.05) is 111 Å². The Morgan fingerprint density at radius 2 is 1.35 bits per heavy atom. The van der Waals surface area contributed by atoms with Gasteiger partial charge in [0.05, 0.1) is 12.1 Å². The molecular formula is C30H35NO3. The fourth-order valence-electron chi connectivity index (χ4n) is 4.27. The second-order valence-corrected chi connectivity index (χ2v) is 8.92. The van der Waals surface area contributed by atoms with Crippen LogP contribution >= 0.6 is 0 Å². The molecule has 3 aromatic carbocycles. The van der Waals surface area contributed by atoms with Crippen molar-refractivity contribution >= 4 is 5.97 Å². The van der Waals surface area contributed by atoms with Gasteiger partial charge < -0.3 is 9.84 Å². The van der Waals surface area contributed by atoms with Crippen LogP contribution in [0.25, 0.3) is 0 Å². The van der Waals surface area contributed by atoms with Crippen molar-refractivity contribution in [3.8, 4) is 0 Å². The lowest BCUT2D eigenvalue weighted by Gasteiger charge is -2.40. The minimum Gasteiger partial charge on any atom is -0.464 e. The third-order valence-electron chi connectivity index (χ3n) is 6.13. The number of carbonyl (C=O) groups is 1. The number of benzene rings is 3. The van der Waals surface area contributed by atoms with Gasteiger partial charge in [0, 0.05) is 12.5 Å². The highest BCUT2D eigenvalue weighted by molar-refractivity contribution is 5.76. The van der Waals surface area contributed by atoms with E-state index in [1.54, 1.807) is 6.08 Å². The van der Waals surface area contributed by atoms with Gasteiger partial charge in [0.15, 0.2) is 0 Å². The summed E-state index contributed by atoms with van der Waals surface area (Å²) in [7, 11) is 0. The van der Waals surface area contributed by atoms with Crippen molar-refractivity contribution in [1.82, 2.24) is 5.32 Å². The summed E-state index contributed by atoms with van der Waals surface area (Å²) in [5, 5.41) is 13.3. The van der Waals surface area contributed by atoms with Crippen molar-refractivity contribution in [3.05, 3.63) is 120 Å². The molecule has 2 N–H and O–H groups in total. The lowest BCUT2D eigenvalue weighted by molar-refractivity contribution is -0.149. The number of hydrogen-bond acceptors (Lipinski definition) is 4. The Kier molecular flexibility index (Phi) is 9.20. The van der Waals surface area contributed by atoms with E-state index in [1.165, 1.54) is 0 Å². The number of carbonyl (C=O) groups excluding carboxylic acids is 1. The number of aliphatic hydroxyl groups excluding tert-OH is 1. The summed E-state index contributed by atoms with van der Waals surface area (Å²) < 4.78 is 5.72. The molecule has 4 nitrogen and oxygen atoms in total. The number of hydrogen-bond donors (Lipinski definition) is 2. The monoisotopic (exact) mass is 457 g/mol. The van der Waals surface area contributed by atoms with Crippen LogP contribution in [0.1, 0.15) is 37.0 Å². The third-order valence-corrected chi connectivity index (χ3v) is 6.13. The normalized spacial score (nSPS) is 13.3. The van der Waals surface area contributed by atoms with Crippen LogP contribution in [0, 0.1) is 11.8 Å². The number of ether oxygens (including phenoxy) is 1. The molecule has 0 heterocycles. The molecule has 3 rings (SSSR count). The highest BCUT2D eigenvalue weighted by Crippen LogP contribution is 2.38. The summed E-state index contributed by atoms with van der Waals surface area (Å²) >= 11 is 0. The van der Waals surface area contributed by atoms with Gasteiger partial charge in [0.1, 0.15) is 6.04 Å². The van der Waals surface area contributed by atoms with E-state index in [4.69, 9.17) is 4.74 Å². The number of nitrogens with one attached hydrogen (secondary N) is 1. The van der Waals surface area contributed by atoms with Gasteiger partial charge in [-0.3, -0.25) is 10.1 Å². The average Bonchev–Trinajstić information content (AvgIpc) is 2.88. The van der Waals surface area contributed by atoms with E-state index < -0.39 is 11.6 Å². The zero-order chi connectivity index (χ0) is 24.4. The van der Waals surface area contributed by atoms with Gasteiger partial charge in [0.2, 0.25) is 0 Å². The molecule has 0 aliphatic rings. The first-order valence-corrected chi connectivity index (χ1v) is 11.9. The van der Waals surface area contributed by atoms with Crippen LogP contribution in [0.3, 0.4) is 0 Å². The summed E-state index contributed by atoms with van der Waals surface area (Å²) in [5.74, 6) is -0.518. The fraction of sp³-hybridized carbons (Fsp3) is 0.300. The molecule has 34 heavy (non-hydrogen) atoms. The van der Waals surface area contributed by atoms with Crippen molar-refractivity contribution in [2.45, 2.75) is 31.8 Å². The largest absolute Gasteiger partial charge is 0.464 e. The summed E-state index contributed by atoms with van der Waals surface area (Å²) in [6, 6.07) is 30.0. The Hall–Kier alpha value is -3.21. The Balaban J connectivity index is 2.08. The van der Waals surface area contributed by atoms with Crippen LogP contribution in [-0.2, 0) is 15.1 Å². The van der Waals surface area contributed by atoms with E-state index in [-0.39, 0.29) is 31.0 Å². The number of allylic oxidation sites excluding steroid dienone is 1. The first kappa shape index (κ1) is 25.4. The maximum Gasteiger partial charge on any atom is 0.323 e. The summed E-state index contributed by atoms with van der Waals surface area (Å²) in [5.41, 5.74) is 2.33. The molecule has 2 atom stereocenters. The van der Waals surface area contributed by atoms with E-state index in [1.807, 2.05) is 68.4 Å². The number of rotatable bonds is 12. The van der Waals surface area contributed by atoms with Gasteiger partial charge in [-0.05, 0) is 29.0 Å². The van der Waals surface area contributed by atoms with Gasteiger partial charge in [-0.2, -0.15) is 0 Å². The molecule has 0 aliphatic heterocycles. The molecule has 0 bridgehead atoms. The average molecular weight is 458 g/mol. The molecule has 1 unspecified atom stereocenters. The highest BCUT2D eigenvalue weighted by Gasteiger charge is 2.41. The molecule has 0 aliphatic carbocycles. The lowest BCUT2D eigenvalue weighted by Crippen LogP contribution is -2.55. The minimum atomic E-state index is -0.769. The molecule has 0 saturated heterocycles. The molecule has 0 saturated carbocycles. The van der Waals surface area contributed by atoms with Crippen molar-refractivity contribution in [1.29, 1.82) is 0 Å². The van der Waals surface area contributed by atoms with E-state index in [2.05, 4.69) is 48.3 Å². The minimum absolute atomic E-state index is 0.0324. The first-order valence-electron chi connectivity index (χ1n) is 11.9. The van der Waals surface area contributed by atoms with Crippen LogP contribution in [0.5, 0.6) is 0 Å². The topological polar surface area (TPSA) is 58.6 Å². The summed E-state index contributed by atoms with van der Waals surface area (Å²) in [4.78, 5) is 13.4. The van der Waals surface area contributed by atoms with Crippen molar-refractivity contribution in [3.63, 3.8) is 0 Å². The van der Waals surface area contributed by atoms with E-state index in [0.29, 0.717) is 6.42 Å². The predicted molar refractivity (Wildman–Crippen MR) is 137 cm³/mol. The van der Waals surface area contributed by atoms with Crippen LogP contribution in [0.4, 0.5) is 0 Å². The van der Waals surface area contributed by atoms with Gasteiger partial charge >= 0.3 is 5.97 Å². The smallest absolute Gasteiger partial charge is 0.323 e. The van der Waals surface area contributed by atoms with E-state index >= 15 is 0 Å². The van der Waals surface area contributed by atoms with Gasteiger partial charge in [-0.25, -0.2) is 0 Å². The Labute approximate surface area is 203 Å². The maximum absolute atomic E-state index is 13.4. The zero-order valence-corrected chi connectivity index (χ0v) is 20.1. The Morgan fingerprint density at radius 1 is 0.912 bits per heavy atom. The van der Waals surface area contributed by atoms with Crippen LogP contribution in [-0.4, -0.2) is 30.3 Å². The van der Waals surface area contributed by atoms with Gasteiger partial charge in [0.25, 0.3) is 0 Å². The van der Waals surface area contributed by atoms with Crippen molar-refractivity contribution in [2.75, 3.05) is 13.2 Å². The van der Waals surface area contributed by atoms with Crippen molar-refractivity contribution in [2.24, 2.45) is 11.8 Å². The second kappa shape index (κ2) is 12.3. The van der Waals surface area contributed by atoms with Gasteiger partial charge in [-0.15, -0.1) is 6.58 Å². The molecular weight excluding hydrogens is 422 g/mol. The third kappa shape index (κ3) is 5.82. The maximum atomic E-state index is 13.4. The van der Waals surface area contributed by atoms with Crippen LogP contribution in [0.2, 0.25) is 0 Å². The SMILES string of the molecule is C=CCC(CO)COC(=O)[C@@H](NC(c1ccccc1)(c1ccccc1)c1ccccc1)C(C)C. The first-order chi connectivity index (χ1) is 16.5. The molecule has 0 amide bonds. The highest BCUT2D eigenvalue weighted by atomic mass is 16.5. The predicted octanol–water partition coefficient (Wildman–Crippen LogP) is 5.32. The van der Waals surface area contributed by atoms with E-state index in [0.717, 1.165) is 16.7 Å². The molecule has 3 aromatic rings. The summed E-state index contributed by atoms with van der Waals surface area (Å²) in [6.07, 6.45) is 2.32. The molecule has 0 radical (unpaired) electrons. The Morgan fingerprint density at radius 3 is 1.71 bits per heavy atom. The Bertz CT molecular complexity index is 922. The standard InChI is InChI=1S/C30H35NO3/c1-4-14-24(21-32)22-34-29(33)28(23(2)3)31-30(25-15-8-5-9-16-25,26-17-10-6-11-18-26)27-19-12-7-13-20-27/h4-13,15-20,23-24,28,31-32H,1,14,21-22H2,2-3H3/t24?,28-/m0/s1. The molecule has 178 valence electrons. The molecule has 0 spiro atoms. The summed E-state index contributed by atoms with van der Waals surface area (Å²) in [6.45, 7) is 7.85. The van der Waals surface area contributed by atoms with Crippen molar-refractivity contribution < 1.29 is 14.6 Å². The molecule has 0 aromatic heterocycles. The molecule has 0 fully saturated rings.